The molecular weight excluding hydrogens is 170 g/mol. The predicted octanol–water partition coefficient (Wildman–Crippen LogP) is 3.49. The number of hydrogen-bond donors (Lipinski definition) is 0. The Bertz CT molecular complexity index is 432. The summed E-state index contributed by atoms with van der Waals surface area (Å²) in [5.74, 6) is 0. The van der Waals surface area contributed by atoms with Crippen LogP contribution in [0.15, 0.2) is 30.5 Å². The number of benzene rings is 1. The van der Waals surface area contributed by atoms with E-state index in [2.05, 4.69) is 61.9 Å². The molecule has 2 rings (SSSR count). The number of fused-ring (bicyclic) bond motifs is 1. The van der Waals surface area contributed by atoms with Gasteiger partial charge in [-0.25, -0.2) is 0 Å². The number of aromatic nitrogens is 1. The summed E-state index contributed by atoms with van der Waals surface area (Å²) in [6.07, 6.45) is 2.05. The molecule has 1 heterocycles. The average molecular weight is 186 g/mol. The summed E-state index contributed by atoms with van der Waals surface area (Å²) < 4.78 is 2.27. The molecule has 0 amide bonds. The van der Waals surface area contributed by atoms with Crippen molar-refractivity contribution in [2.24, 2.45) is 5.41 Å². The van der Waals surface area contributed by atoms with Gasteiger partial charge in [0, 0.05) is 29.7 Å². The van der Waals surface area contributed by atoms with Crippen LogP contribution in [0.2, 0.25) is 0 Å². The minimum absolute atomic E-state index is 0.315. The van der Waals surface area contributed by atoms with Crippen LogP contribution in [0.25, 0.3) is 10.9 Å². The highest BCUT2D eigenvalue weighted by atomic mass is 15.0. The number of para-hydroxylation sites is 1. The Balaban J connectivity index is 2.44. The summed E-state index contributed by atoms with van der Waals surface area (Å²) in [5, 5.41) is 1.21. The van der Waals surface area contributed by atoms with Crippen LogP contribution in [0.3, 0.4) is 0 Å². The van der Waals surface area contributed by atoms with Gasteiger partial charge in [-0.1, -0.05) is 39.0 Å². The van der Waals surface area contributed by atoms with Gasteiger partial charge >= 0.3 is 0 Å². The van der Waals surface area contributed by atoms with E-state index in [0.717, 1.165) is 6.54 Å². The highest BCUT2D eigenvalue weighted by Gasteiger charge is 2.12. The van der Waals surface area contributed by atoms with Crippen LogP contribution in [0.4, 0.5) is 0 Å². The molecule has 0 aliphatic rings. The van der Waals surface area contributed by atoms with Crippen molar-refractivity contribution in [3.05, 3.63) is 36.5 Å². The van der Waals surface area contributed by atoms with Crippen molar-refractivity contribution in [3.63, 3.8) is 0 Å². The Morgan fingerprint density at radius 3 is 2.64 bits per heavy atom. The molecule has 1 aromatic heterocycles. The summed E-state index contributed by atoms with van der Waals surface area (Å²) in [5.41, 5.74) is 1.60. The fourth-order valence-electron chi connectivity index (χ4n) is 1.70. The SMILES string of the molecule is CC(C)(C)Cn1c[c]c2ccccc21. The fourth-order valence-corrected chi connectivity index (χ4v) is 1.70. The predicted molar refractivity (Wildman–Crippen MR) is 60.2 cm³/mol. The first-order valence-corrected chi connectivity index (χ1v) is 5.02. The molecule has 1 aromatic carbocycles. The monoisotopic (exact) mass is 186 g/mol. The van der Waals surface area contributed by atoms with E-state index in [9.17, 15) is 0 Å². The van der Waals surface area contributed by atoms with E-state index in [-0.39, 0.29) is 0 Å². The van der Waals surface area contributed by atoms with Crippen molar-refractivity contribution in [1.29, 1.82) is 0 Å². The van der Waals surface area contributed by atoms with Gasteiger partial charge in [-0.05, 0) is 11.5 Å². The van der Waals surface area contributed by atoms with E-state index in [1.165, 1.54) is 10.9 Å². The molecule has 1 nitrogen and oxygen atoms in total. The van der Waals surface area contributed by atoms with E-state index in [0.29, 0.717) is 5.41 Å². The third-order valence-corrected chi connectivity index (χ3v) is 2.23. The molecule has 0 N–H and O–H groups in total. The van der Waals surface area contributed by atoms with E-state index >= 15 is 0 Å². The zero-order valence-electron chi connectivity index (χ0n) is 9.04. The summed E-state index contributed by atoms with van der Waals surface area (Å²) in [6, 6.07) is 11.7. The molecule has 0 bridgehead atoms. The van der Waals surface area contributed by atoms with Crippen molar-refractivity contribution in [2.75, 3.05) is 0 Å². The fraction of sp³-hybridized carbons (Fsp3) is 0.385. The first kappa shape index (κ1) is 9.32. The van der Waals surface area contributed by atoms with Gasteiger partial charge in [0.15, 0.2) is 0 Å². The molecule has 0 atom stereocenters. The standard InChI is InChI=1S/C13H16N/c1-13(2,3)10-14-9-8-11-6-4-5-7-12(11)14/h4-7,9H,10H2,1-3H3. The molecule has 0 saturated heterocycles. The zero-order valence-corrected chi connectivity index (χ0v) is 9.04. The lowest BCUT2D eigenvalue weighted by molar-refractivity contribution is 0.349. The van der Waals surface area contributed by atoms with Crippen LogP contribution in [0.5, 0.6) is 0 Å². The Labute approximate surface area is 85.4 Å². The van der Waals surface area contributed by atoms with Crippen molar-refractivity contribution in [3.8, 4) is 0 Å². The van der Waals surface area contributed by atoms with Crippen LogP contribution in [0, 0.1) is 11.5 Å². The van der Waals surface area contributed by atoms with Gasteiger partial charge in [-0.15, -0.1) is 0 Å². The molecule has 0 saturated carbocycles. The number of rotatable bonds is 1. The molecule has 1 radical (unpaired) electrons. The lowest BCUT2D eigenvalue weighted by atomic mass is 9.97. The first-order chi connectivity index (χ1) is 6.56. The van der Waals surface area contributed by atoms with Crippen LogP contribution >= 0.6 is 0 Å². The minimum atomic E-state index is 0.315. The van der Waals surface area contributed by atoms with Crippen LogP contribution < -0.4 is 0 Å². The zero-order chi connectivity index (χ0) is 10.2. The van der Waals surface area contributed by atoms with Crippen molar-refractivity contribution in [2.45, 2.75) is 27.3 Å². The van der Waals surface area contributed by atoms with Gasteiger partial charge in [-0.3, -0.25) is 0 Å². The Morgan fingerprint density at radius 1 is 1.21 bits per heavy atom. The normalized spacial score (nSPS) is 12.2. The summed E-state index contributed by atoms with van der Waals surface area (Å²) in [7, 11) is 0. The van der Waals surface area contributed by atoms with Gasteiger partial charge in [-0.2, -0.15) is 0 Å². The second-order valence-corrected chi connectivity index (χ2v) is 4.98. The summed E-state index contributed by atoms with van der Waals surface area (Å²) in [6.45, 7) is 7.79. The van der Waals surface area contributed by atoms with Gasteiger partial charge in [0.25, 0.3) is 0 Å². The summed E-state index contributed by atoms with van der Waals surface area (Å²) in [4.78, 5) is 0. The lowest BCUT2D eigenvalue weighted by Gasteiger charge is -2.19. The maximum Gasteiger partial charge on any atom is 0.0486 e. The lowest BCUT2D eigenvalue weighted by Crippen LogP contribution is -2.14. The van der Waals surface area contributed by atoms with Crippen molar-refractivity contribution >= 4 is 10.9 Å². The first-order valence-electron chi connectivity index (χ1n) is 5.02. The summed E-state index contributed by atoms with van der Waals surface area (Å²) >= 11 is 0. The van der Waals surface area contributed by atoms with Gasteiger partial charge < -0.3 is 4.57 Å². The molecule has 1 heteroatoms. The largest absolute Gasteiger partial charge is 0.346 e. The topological polar surface area (TPSA) is 4.93 Å². The molecule has 14 heavy (non-hydrogen) atoms. The Morgan fingerprint density at radius 2 is 1.93 bits per heavy atom. The number of hydrogen-bond acceptors (Lipinski definition) is 0. The third kappa shape index (κ3) is 1.82. The second kappa shape index (κ2) is 3.16. The van der Waals surface area contributed by atoms with Crippen LogP contribution in [-0.2, 0) is 6.54 Å². The number of nitrogens with zero attached hydrogens (tertiary/aromatic N) is 1. The molecule has 0 aliphatic heterocycles. The van der Waals surface area contributed by atoms with Gasteiger partial charge in [0.2, 0.25) is 0 Å². The van der Waals surface area contributed by atoms with Gasteiger partial charge in [0.05, 0.1) is 0 Å². The average Bonchev–Trinajstić information content (AvgIpc) is 2.47. The van der Waals surface area contributed by atoms with Crippen LogP contribution in [0.1, 0.15) is 20.8 Å². The maximum absolute atomic E-state index is 3.27. The highest BCUT2D eigenvalue weighted by molar-refractivity contribution is 5.79. The molecule has 0 aliphatic carbocycles. The van der Waals surface area contributed by atoms with E-state index in [1.807, 2.05) is 0 Å². The smallest absolute Gasteiger partial charge is 0.0486 e. The third-order valence-electron chi connectivity index (χ3n) is 2.23. The molecule has 73 valence electrons. The van der Waals surface area contributed by atoms with E-state index in [4.69, 9.17) is 0 Å². The molecule has 0 spiro atoms. The highest BCUT2D eigenvalue weighted by Crippen LogP contribution is 2.21. The van der Waals surface area contributed by atoms with E-state index < -0.39 is 0 Å². The van der Waals surface area contributed by atoms with Crippen LogP contribution in [-0.4, -0.2) is 4.57 Å². The van der Waals surface area contributed by atoms with E-state index in [1.54, 1.807) is 0 Å². The molecule has 0 unspecified atom stereocenters. The second-order valence-electron chi connectivity index (χ2n) is 4.98. The minimum Gasteiger partial charge on any atom is -0.346 e. The molecule has 0 fully saturated rings. The molecule has 2 aromatic rings. The molecular formula is C13H16N. The Hall–Kier alpha value is -1.24. The van der Waals surface area contributed by atoms with Crippen molar-refractivity contribution in [1.82, 2.24) is 4.57 Å². The maximum atomic E-state index is 3.27. The quantitative estimate of drug-likeness (QED) is 0.642. The Kier molecular flexibility index (Phi) is 2.10. The van der Waals surface area contributed by atoms with Gasteiger partial charge in [0.1, 0.15) is 0 Å². The van der Waals surface area contributed by atoms with Crippen molar-refractivity contribution < 1.29 is 0 Å².